The van der Waals surface area contributed by atoms with Crippen molar-refractivity contribution in [1.29, 1.82) is 0 Å². The van der Waals surface area contributed by atoms with Crippen molar-refractivity contribution in [3.8, 4) is 0 Å². The van der Waals surface area contributed by atoms with Crippen molar-refractivity contribution in [2.75, 3.05) is 6.61 Å². The van der Waals surface area contributed by atoms with Gasteiger partial charge in [0.25, 0.3) is 0 Å². The first kappa shape index (κ1) is 13.9. The smallest absolute Gasteiger partial charge is 0.395 e. The molecule has 18 heavy (non-hydrogen) atoms. The number of aliphatic hydroxyl groups excluding tert-OH is 1. The van der Waals surface area contributed by atoms with E-state index in [0.717, 1.165) is 12.1 Å². The molecule has 1 aromatic rings. The van der Waals surface area contributed by atoms with Crippen LogP contribution in [0.5, 0.6) is 0 Å². The van der Waals surface area contributed by atoms with Crippen molar-refractivity contribution in [3.05, 3.63) is 35.4 Å². The Hall–Kier alpha value is -0.530. The molecule has 2 rings (SSSR count). The Morgan fingerprint density at radius 2 is 1.89 bits per heavy atom. The molecular weight excluding hydrogens is 331 g/mol. The molecule has 2 unspecified atom stereocenters. The minimum absolute atomic E-state index is 0.0335. The number of thioether (sulfide) groups is 1. The van der Waals surface area contributed by atoms with Gasteiger partial charge in [0, 0.05) is 5.56 Å². The van der Waals surface area contributed by atoms with Gasteiger partial charge in [0.1, 0.15) is 4.95 Å². The third-order valence-corrected chi connectivity index (χ3v) is 4.92. The van der Waals surface area contributed by atoms with Crippen LogP contribution in [0, 0.1) is 0 Å². The van der Waals surface area contributed by atoms with Crippen LogP contribution >= 0.6 is 27.7 Å². The summed E-state index contributed by atoms with van der Waals surface area (Å²) in [6, 6.07) is 4.87. The normalized spacial score (nSPS) is 24.2. The predicted molar refractivity (Wildman–Crippen MR) is 69.2 cm³/mol. The van der Waals surface area contributed by atoms with Crippen LogP contribution in [0.15, 0.2) is 29.3 Å². The summed E-state index contributed by atoms with van der Waals surface area (Å²) in [5.74, 6) is 0. The largest absolute Gasteiger partial charge is 0.416 e. The van der Waals surface area contributed by atoms with E-state index in [1.54, 1.807) is 0 Å². The third kappa shape index (κ3) is 2.89. The van der Waals surface area contributed by atoms with Crippen LogP contribution in [0.3, 0.4) is 0 Å². The van der Waals surface area contributed by atoms with Gasteiger partial charge in [-0.15, -0.1) is 0 Å². The molecule has 0 aliphatic carbocycles. The van der Waals surface area contributed by atoms with E-state index in [4.69, 9.17) is 5.11 Å². The van der Waals surface area contributed by atoms with Crippen LogP contribution in [-0.2, 0) is 6.18 Å². The fourth-order valence-electron chi connectivity index (χ4n) is 1.49. The van der Waals surface area contributed by atoms with E-state index in [1.165, 1.54) is 23.9 Å². The second-order valence-electron chi connectivity index (χ2n) is 3.72. The van der Waals surface area contributed by atoms with Crippen molar-refractivity contribution in [3.63, 3.8) is 0 Å². The number of alkyl halides is 4. The van der Waals surface area contributed by atoms with E-state index < -0.39 is 11.7 Å². The molecule has 7 heteroatoms. The molecule has 1 heterocycles. The molecule has 0 aromatic heterocycles. The number of rotatable bonds is 2. The second kappa shape index (κ2) is 5.22. The standard InChI is InChI=1S/C11H9BrF3NOS/c12-9-8(5-17)18-10(16-9)6-1-3-7(4-2-6)11(13,14)15/h1-4,8-9,17H,5H2. The Bertz CT molecular complexity index is 460. The predicted octanol–water partition coefficient (Wildman–Crippen LogP) is 3.28. The topological polar surface area (TPSA) is 32.6 Å². The molecule has 0 fully saturated rings. The average Bonchev–Trinajstić information content (AvgIpc) is 2.69. The molecule has 0 saturated heterocycles. The zero-order valence-corrected chi connectivity index (χ0v) is 11.4. The summed E-state index contributed by atoms with van der Waals surface area (Å²) in [4.78, 5) is 4.05. The number of hydrogen-bond acceptors (Lipinski definition) is 3. The van der Waals surface area contributed by atoms with Crippen molar-refractivity contribution in [2.45, 2.75) is 16.4 Å². The molecule has 1 N–H and O–H groups in total. The van der Waals surface area contributed by atoms with Crippen molar-refractivity contribution >= 4 is 32.7 Å². The van der Waals surface area contributed by atoms with Gasteiger partial charge in [-0.1, -0.05) is 39.8 Å². The maximum Gasteiger partial charge on any atom is 0.416 e. The number of halogens is 4. The van der Waals surface area contributed by atoms with E-state index in [1.807, 2.05) is 0 Å². The molecule has 0 amide bonds. The highest BCUT2D eigenvalue weighted by Gasteiger charge is 2.31. The number of aliphatic hydroxyl groups is 1. The summed E-state index contributed by atoms with van der Waals surface area (Å²) in [5, 5.41) is 9.63. The molecule has 1 aliphatic rings. The second-order valence-corrected chi connectivity index (χ2v) is 5.89. The quantitative estimate of drug-likeness (QED) is 0.662. The lowest BCUT2D eigenvalue weighted by molar-refractivity contribution is -0.137. The maximum atomic E-state index is 12.4. The monoisotopic (exact) mass is 339 g/mol. The minimum atomic E-state index is -4.32. The molecule has 98 valence electrons. The number of hydrogen-bond donors (Lipinski definition) is 1. The Labute approximate surface area is 114 Å². The van der Waals surface area contributed by atoms with Crippen LogP contribution < -0.4 is 0 Å². The van der Waals surface area contributed by atoms with Gasteiger partial charge in [-0.05, 0) is 12.1 Å². The summed E-state index contributed by atoms with van der Waals surface area (Å²) in [5.41, 5.74) is -0.0441. The van der Waals surface area contributed by atoms with Gasteiger partial charge < -0.3 is 5.11 Å². The van der Waals surface area contributed by atoms with Crippen LogP contribution in [0.2, 0.25) is 0 Å². The number of benzene rings is 1. The Balaban J connectivity index is 2.19. The molecule has 2 atom stereocenters. The van der Waals surface area contributed by atoms with E-state index in [2.05, 4.69) is 20.9 Å². The van der Waals surface area contributed by atoms with Crippen LogP contribution in [0.1, 0.15) is 11.1 Å². The first-order valence-electron chi connectivity index (χ1n) is 5.09. The Morgan fingerprint density at radius 3 is 2.33 bits per heavy atom. The number of aliphatic imine (C=N–C) groups is 1. The molecule has 2 nitrogen and oxygen atoms in total. The van der Waals surface area contributed by atoms with Gasteiger partial charge in [-0.25, -0.2) is 0 Å². The summed E-state index contributed by atoms with van der Waals surface area (Å²) < 4.78 is 37.2. The molecule has 1 aliphatic heterocycles. The summed E-state index contributed by atoms with van der Waals surface area (Å²) in [6.45, 7) is -0.0335. The zero-order chi connectivity index (χ0) is 13.3. The van der Waals surface area contributed by atoms with Crippen molar-refractivity contribution in [1.82, 2.24) is 0 Å². The molecule has 0 radical (unpaired) electrons. The summed E-state index contributed by atoms with van der Waals surface area (Å²) >= 11 is 4.66. The lowest BCUT2D eigenvalue weighted by Gasteiger charge is -2.08. The first-order chi connectivity index (χ1) is 8.41. The Morgan fingerprint density at radius 1 is 1.28 bits per heavy atom. The van der Waals surface area contributed by atoms with E-state index in [-0.39, 0.29) is 16.8 Å². The number of nitrogens with zero attached hydrogens (tertiary/aromatic N) is 1. The lowest BCUT2D eigenvalue weighted by atomic mass is 10.1. The van der Waals surface area contributed by atoms with Gasteiger partial charge >= 0.3 is 6.18 Å². The third-order valence-electron chi connectivity index (χ3n) is 2.45. The molecule has 1 aromatic carbocycles. The van der Waals surface area contributed by atoms with Crippen molar-refractivity contribution in [2.24, 2.45) is 4.99 Å². The van der Waals surface area contributed by atoms with Gasteiger partial charge in [-0.2, -0.15) is 13.2 Å². The zero-order valence-electron chi connectivity index (χ0n) is 8.99. The fraction of sp³-hybridized carbons (Fsp3) is 0.364. The maximum absolute atomic E-state index is 12.4. The van der Waals surface area contributed by atoms with Crippen LogP contribution in [-0.4, -0.2) is 27.0 Å². The highest BCUT2D eigenvalue weighted by atomic mass is 79.9. The van der Waals surface area contributed by atoms with E-state index in [0.29, 0.717) is 10.6 Å². The van der Waals surface area contributed by atoms with Crippen molar-refractivity contribution < 1.29 is 18.3 Å². The van der Waals surface area contributed by atoms with Gasteiger partial charge in [0.2, 0.25) is 0 Å². The minimum Gasteiger partial charge on any atom is -0.395 e. The van der Waals surface area contributed by atoms with Gasteiger partial charge in [-0.3, -0.25) is 4.99 Å². The highest BCUT2D eigenvalue weighted by molar-refractivity contribution is 9.09. The van der Waals surface area contributed by atoms with Gasteiger partial charge in [0.15, 0.2) is 0 Å². The SMILES string of the molecule is OCC1SC(c2ccc(C(F)(F)F)cc2)=NC1Br. The summed E-state index contributed by atoms with van der Waals surface area (Å²) in [7, 11) is 0. The lowest BCUT2D eigenvalue weighted by Crippen LogP contribution is -2.14. The fourth-order valence-corrected chi connectivity index (χ4v) is 3.31. The summed E-state index contributed by atoms with van der Waals surface area (Å²) in [6.07, 6.45) is -4.32. The average molecular weight is 340 g/mol. The molecule has 0 bridgehead atoms. The van der Waals surface area contributed by atoms with Crippen LogP contribution in [0.25, 0.3) is 0 Å². The van der Waals surface area contributed by atoms with E-state index >= 15 is 0 Å². The molecular formula is C11H9BrF3NOS. The highest BCUT2D eigenvalue weighted by Crippen LogP contribution is 2.34. The van der Waals surface area contributed by atoms with Crippen LogP contribution in [0.4, 0.5) is 13.2 Å². The first-order valence-corrected chi connectivity index (χ1v) is 6.88. The van der Waals surface area contributed by atoms with E-state index in [9.17, 15) is 13.2 Å². The molecule has 0 spiro atoms. The van der Waals surface area contributed by atoms with Gasteiger partial charge in [0.05, 0.1) is 22.5 Å². The molecule has 0 saturated carbocycles. The Kier molecular flexibility index (Phi) is 4.03.